The first-order valence-corrected chi connectivity index (χ1v) is 6.89. The van der Waals surface area contributed by atoms with Crippen LogP contribution in [-0.2, 0) is 9.53 Å². The Morgan fingerprint density at radius 1 is 1.12 bits per heavy atom. The van der Waals surface area contributed by atoms with Gasteiger partial charge in [0.2, 0.25) is 0 Å². The second-order valence-electron chi connectivity index (χ2n) is 5.07. The van der Waals surface area contributed by atoms with Crippen LogP contribution in [0.25, 0.3) is 0 Å². The third kappa shape index (κ3) is 5.64. The van der Waals surface area contributed by atoms with Gasteiger partial charge in [-0.25, -0.2) is 0 Å². The van der Waals surface area contributed by atoms with Gasteiger partial charge in [0.25, 0.3) is 0 Å². The summed E-state index contributed by atoms with van der Waals surface area (Å²) in [5, 5.41) is 0. The Morgan fingerprint density at radius 3 is 2.50 bits per heavy atom. The van der Waals surface area contributed by atoms with Gasteiger partial charge in [-0.1, -0.05) is 45.4 Å². The van der Waals surface area contributed by atoms with Crippen LogP contribution in [0, 0.1) is 0 Å². The summed E-state index contributed by atoms with van der Waals surface area (Å²) >= 11 is 0. The summed E-state index contributed by atoms with van der Waals surface area (Å²) in [7, 11) is 0. The summed E-state index contributed by atoms with van der Waals surface area (Å²) in [5.74, 6) is 0.384. The summed E-state index contributed by atoms with van der Waals surface area (Å²) in [6, 6.07) is 0. The average Bonchev–Trinajstić information content (AvgIpc) is 2.22. The number of unbranched alkanes of at least 4 members (excludes halogenated alkanes) is 5. The maximum Gasteiger partial charge on any atom is 0.138 e. The van der Waals surface area contributed by atoms with E-state index in [9.17, 15) is 4.79 Å². The average molecular weight is 226 g/mol. The Kier molecular flexibility index (Phi) is 6.70. The molecule has 0 aromatic heterocycles. The lowest BCUT2D eigenvalue weighted by molar-refractivity contribution is -0.134. The Hall–Kier alpha value is -0.370. The number of ketones is 1. The first-order valence-electron chi connectivity index (χ1n) is 6.89. The highest BCUT2D eigenvalue weighted by atomic mass is 16.5. The van der Waals surface area contributed by atoms with Crippen LogP contribution in [0.1, 0.15) is 71.6 Å². The standard InChI is InChI=1S/C14H26O2/c1-3-4-5-6-7-8-9-14-11-13(15)10-12(2)16-14/h12,14H,3-11H2,1-2H3/t12-,14+/m1/s1. The number of rotatable bonds is 7. The number of hydrogen-bond acceptors (Lipinski definition) is 2. The van der Waals surface area contributed by atoms with Crippen molar-refractivity contribution in [2.45, 2.75) is 83.8 Å². The van der Waals surface area contributed by atoms with Crippen molar-refractivity contribution in [3.05, 3.63) is 0 Å². The van der Waals surface area contributed by atoms with E-state index in [2.05, 4.69) is 6.92 Å². The van der Waals surface area contributed by atoms with Crippen LogP contribution in [0.15, 0.2) is 0 Å². The van der Waals surface area contributed by atoms with E-state index in [1.54, 1.807) is 0 Å². The summed E-state index contributed by atoms with van der Waals surface area (Å²) in [6.07, 6.45) is 10.6. The minimum absolute atomic E-state index is 0.145. The molecule has 2 heteroatoms. The van der Waals surface area contributed by atoms with Crippen molar-refractivity contribution in [3.63, 3.8) is 0 Å². The molecule has 1 aliphatic rings. The van der Waals surface area contributed by atoms with E-state index >= 15 is 0 Å². The zero-order valence-electron chi connectivity index (χ0n) is 10.8. The molecular weight excluding hydrogens is 200 g/mol. The van der Waals surface area contributed by atoms with E-state index in [4.69, 9.17) is 4.74 Å². The van der Waals surface area contributed by atoms with Crippen molar-refractivity contribution in [3.8, 4) is 0 Å². The van der Waals surface area contributed by atoms with Crippen LogP contribution >= 0.6 is 0 Å². The van der Waals surface area contributed by atoms with Crippen molar-refractivity contribution in [1.29, 1.82) is 0 Å². The molecule has 2 atom stereocenters. The van der Waals surface area contributed by atoms with Crippen LogP contribution in [0.3, 0.4) is 0 Å². The molecule has 0 bridgehead atoms. The molecular formula is C14H26O2. The fourth-order valence-corrected chi connectivity index (χ4v) is 2.41. The van der Waals surface area contributed by atoms with Crippen molar-refractivity contribution < 1.29 is 9.53 Å². The molecule has 0 radical (unpaired) electrons. The van der Waals surface area contributed by atoms with Gasteiger partial charge in [0.15, 0.2) is 0 Å². The molecule has 0 aromatic rings. The van der Waals surface area contributed by atoms with Gasteiger partial charge in [-0.3, -0.25) is 4.79 Å². The van der Waals surface area contributed by atoms with E-state index in [-0.39, 0.29) is 12.2 Å². The van der Waals surface area contributed by atoms with Gasteiger partial charge in [-0.15, -0.1) is 0 Å². The first-order chi connectivity index (χ1) is 7.72. The Bertz CT molecular complexity index is 201. The van der Waals surface area contributed by atoms with Crippen LogP contribution in [0.4, 0.5) is 0 Å². The second kappa shape index (κ2) is 7.83. The third-order valence-electron chi connectivity index (χ3n) is 3.27. The van der Waals surface area contributed by atoms with Crippen LogP contribution in [-0.4, -0.2) is 18.0 Å². The Labute approximate surface area is 99.8 Å². The van der Waals surface area contributed by atoms with E-state index in [1.165, 1.54) is 38.5 Å². The lowest BCUT2D eigenvalue weighted by atomic mass is 9.98. The number of carbonyl (C=O) groups excluding carboxylic acids is 1. The first kappa shape index (κ1) is 13.7. The molecule has 1 heterocycles. The molecule has 0 N–H and O–H groups in total. The zero-order valence-corrected chi connectivity index (χ0v) is 10.8. The number of carbonyl (C=O) groups is 1. The Morgan fingerprint density at radius 2 is 1.81 bits per heavy atom. The molecule has 1 saturated heterocycles. The maximum atomic E-state index is 11.4. The van der Waals surface area contributed by atoms with E-state index < -0.39 is 0 Å². The molecule has 0 spiro atoms. The smallest absolute Gasteiger partial charge is 0.138 e. The normalized spacial score (nSPS) is 26.0. The second-order valence-corrected chi connectivity index (χ2v) is 5.07. The maximum absolute atomic E-state index is 11.4. The van der Waals surface area contributed by atoms with E-state index in [1.807, 2.05) is 6.92 Å². The molecule has 1 aliphatic heterocycles. The van der Waals surface area contributed by atoms with Gasteiger partial charge >= 0.3 is 0 Å². The highest BCUT2D eigenvalue weighted by molar-refractivity contribution is 5.79. The van der Waals surface area contributed by atoms with Gasteiger partial charge in [-0.2, -0.15) is 0 Å². The number of hydrogen-bond donors (Lipinski definition) is 0. The highest BCUT2D eigenvalue weighted by Gasteiger charge is 2.24. The van der Waals surface area contributed by atoms with Crippen molar-refractivity contribution >= 4 is 5.78 Å². The fraction of sp³-hybridized carbons (Fsp3) is 0.929. The Balaban J connectivity index is 2.01. The topological polar surface area (TPSA) is 26.3 Å². The van der Waals surface area contributed by atoms with E-state index in [0.717, 1.165) is 6.42 Å². The predicted octanol–water partition coefficient (Wildman–Crippen LogP) is 3.87. The molecule has 0 saturated carbocycles. The molecule has 0 amide bonds. The van der Waals surface area contributed by atoms with Gasteiger partial charge in [-0.05, 0) is 13.3 Å². The van der Waals surface area contributed by atoms with Gasteiger partial charge in [0.05, 0.1) is 12.2 Å². The number of Topliss-reactive ketones (excluding diaryl/α,β-unsaturated/α-hetero) is 1. The molecule has 0 unspecified atom stereocenters. The SMILES string of the molecule is CCCCCCCC[C@H]1CC(=O)C[C@@H](C)O1. The van der Waals surface area contributed by atoms with Crippen LogP contribution in [0.2, 0.25) is 0 Å². The van der Waals surface area contributed by atoms with Gasteiger partial charge in [0, 0.05) is 12.8 Å². The molecule has 0 aromatic carbocycles. The summed E-state index contributed by atoms with van der Waals surface area (Å²) in [6.45, 7) is 4.24. The van der Waals surface area contributed by atoms with Crippen molar-refractivity contribution in [2.75, 3.05) is 0 Å². The highest BCUT2D eigenvalue weighted by Crippen LogP contribution is 2.20. The third-order valence-corrected chi connectivity index (χ3v) is 3.27. The van der Waals surface area contributed by atoms with Gasteiger partial charge < -0.3 is 4.74 Å². The molecule has 0 aliphatic carbocycles. The summed E-state index contributed by atoms with van der Waals surface area (Å²) < 4.78 is 5.76. The molecule has 1 fully saturated rings. The monoisotopic (exact) mass is 226 g/mol. The van der Waals surface area contributed by atoms with Crippen molar-refractivity contribution in [2.24, 2.45) is 0 Å². The molecule has 1 rings (SSSR count). The largest absolute Gasteiger partial charge is 0.374 e. The summed E-state index contributed by atoms with van der Waals surface area (Å²) in [5.41, 5.74) is 0. The van der Waals surface area contributed by atoms with Crippen LogP contribution < -0.4 is 0 Å². The summed E-state index contributed by atoms with van der Waals surface area (Å²) in [4.78, 5) is 11.4. The minimum Gasteiger partial charge on any atom is -0.374 e. The predicted molar refractivity (Wildman–Crippen MR) is 66.6 cm³/mol. The van der Waals surface area contributed by atoms with Crippen LogP contribution in [0.5, 0.6) is 0 Å². The zero-order chi connectivity index (χ0) is 11.8. The molecule has 16 heavy (non-hydrogen) atoms. The minimum atomic E-state index is 0.145. The van der Waals surface area contributed by atoms with Gasteiger partial charge in [0.1, 0.15) is 5.78 Å². The van der Waals surface area contributed by atoms with Crippen molar-refractivity contribution in [1.82, 2.24) is 0 Å². The fourth-order valence-electron chi connectivity index (χ4n) is 2.41. The number of ether oxygens (including phenoxy) is 1. The molecule has 2 nitrogen and oxygen atoms in total. The lowest BCUT2D eigenvalue weighted by Gasteiger charge is -2.26. The lowest BCUT2D eigenvalue weighted by Crippen LogP contribution is -2.31. The van der Waals surface area contributed by atoms with E-state index in [0.29, 0.717) is 18.6 Å². The quantitative estimate of drug-likeness (QED) is 0.616. The molecule has 94 valence electrons.